The lowest BCUT2D eigenvalue weighted by molar-refractivity contribution is -0.146. The third-order valence-electron chi connectivity index (χ3n) is 2.84. The fourth-order valence-electron chi connectivity index (χ4n) is 1.23. The van der Waals surface area contributed by atoms with E-state index in [1.807, 2.05) is 0 Å². The first-order valence-corrected chi connectivity index (χ1v) is 5.76. The van der Waals surface area contributed by atoms with Crippen LogP contribution >= 0.6 is 0 Å². The number of rotatable bonds is 7. The third kappa shape index (κ3) is 5.47. The zero-order valence-electron chi connectivity index (χ0n) is 11.1. The van der Waals surface area contributed by atoms with Crippen molar-refractivity contribution in [2.24, 2.45) is 5.73 Å². The normalized spacial score (nSPS) is 15.6. The van der Waals surface area contributed by atoms with E-state index in [2.05, 4.69) is 25.5 Å². The molecule has 4 heteroatoms. The molecular formula is C12H25NO3. The van der Waals surface area contributed by atoms with Crippen molar-refractivity contribution in [1.29, 1.82) is 0 Å². The van der Waals surface area contributed by atoms with Crippen molar-refractivity contribution in [2.75, 3.05) is 13.7 Å². The molecule has 0 fully saturated rings. The van der Waals surface area contributed by atoms with Crippen LogP contribution in [0.25, 0.3) is 0 Å². The number of carbonyl (C=O) groups is 1. The van der Waals surface area contributed by atoms with Gasteiger partial charge in [0, 0.05) is 6.61 Å². The molecule has 0 aliphatic heterocycles. The van der Waals surface area contributed by atoms with Crippen molar-refractivity contribution in [2.45, 2.75) is 58.1 Å². The van der Waals surface area contributed by atoms with Gasteiger partial charge in [0.2, 0.25) is 0 Å². The highest BCUT2D eigenvalue weighted by atomic mass is 16.5. The largest absolute Gasteiger partial charge is 0.468 e. The van der Waals surface area contributed by atoms with E-state index in [-0.39, 0.29) is 11.6 Å². The summed E-state index contributed by atoms with van der Waals surface area (Å²) in [7, 11) is 1.35. The average molecular weight is 231 g/mol. The molecule has 1 unspecified atom stereocenters. The second kappa shape index (κ2) is 6.21. The quantitative estimate of drug-likeness (QED) is 0.536. The molecule has 0 saturated carbocycles. The molecule has 16 heavy (non-hydrogen) atoms. The second-order valence-electron chi connectivity index (χ2n) is 4.97. The Hall–Kier alpha value is -0.610. The number of nitrogens with two attached hydrogens (primary N) is 1. The number of ether oxygens (including phenoxy) is 2. The van der Waals surface area contributed by atoms with Crippen molar-refractivity contribution < 1.29 is 14.3 Å². The zero-order chi connectivity index (χ0) is 12.8. The molecular weight excluding hydrogens is 206 g/mol. The Morgan fingerprint density at radius 1 is 1.31 bits per heavy atom. The molecule has 0 aromatic rings. The summed E-state index contributed by atoms with van der Waals surface area (Å²) in [6.07, 6.45) is 2.29. The monoisotopic (exact) mass is 231 g/mol. The van der Waals surface area contributed by atoms with Gasteiger partial charge in [-0.25, -0.2) is 0 Å². The SMILES string of the molecule is CCC(C)(C)OCCCC(C)(N)C(=O)OC. The molecule has 0 bridgehead atoms. The fraction of sp³-hybridized carbons (Fsp3) is 0.917. The number of methoxy groups -OCH3 is 1. The van der Waals surface area contributed by atoms with E-state index in [1.54, 1.807) is 6.92 Å². The topological polar surface area (TPSA) is 61.5 Å². The fourth-order valence-corrected chi connectivity index (χ4v) is 1.23. The third-order valence-corrected chi connectivity index (χ3v) is 2.84. The first-order chi connectivity index (χ1) is 7.25. The molecule has 0 rings (SSSR count). The molecule has 0 aliphatic rings. The Morgan fingerprint density at radius 3 is 2.31 bits per heavy atom. The van der Waals surface area contributed by atoms with Crippen LogP contribution in [0, 0.1) is 0 Å². The average Bonchev–Trinajstić information content (AvgIpc) is 2.23. The van der Waals surface area contributed by atoms with Crippen LogP contribution in [-0.2, 0) is 14.3 Å². The molecule has 0 heterocycles. The maximum atomic E-state index is 11.3. The van der Waals surface area contributed by atoms with Crippen LogP contribution in [0.1, 0.15) is 47.0 Å². The molecule has 0 aliphatic carbocycles. The smallest absolute Gasteiger partial charge is 0.325 e. The molecule has 0 aromatic heterocycles. The Balaban J connectivity index is 3.86. The van der Waals surface area contributed by atoms with Crippen LogP contribution < -0.4 is 5.73 Å². The van der Waals surface area contributed by atoms with E-state index in [9.17, 15) is 4.79 Å². The summed E-state index contributed by atoms with van der Waals surface area (Å²) in [6.45, 7) is 8.49. The molecule has 0 saturated heterocycles. The number of hydrogen-bond donors (Lipinski definition) is 1. The molecule has 0 aromatic carbocycles. The van der Waals surface area contributed by atoms with Gasteiger partial charge in [0.25, 0.3) is 0 Å². The van der Waals surface area contributed by atoms with Crippen molar-refractivity contribution >= 4 is 5.97 Å². The van der Waals surface area contributed by atoms with E-state index >= 15 is 0 Å². The highest BCUT2D eigenvalue weighted by Crippen LogP contribution is 2.16. The molecule has 0 amide bonds. The summed E-state index contributed by atoms with van der Waals surface area (Å²) in [5.74, 6) is -0.373. The van der Waals surface area contributed by atoms with Crippen LogP contribution in [0.15, 0.2) is 0 Å². The molecule has 96 valence electrons. The minimum Gasteiger partial charge on any atom is -0.468 e. The summed E-state index contributed by atoms with van der Waals surface area (Å²) >= 11 is 0. The zero-order valence-corrected chi connectivity index (χ0v) is 11.1. The van der Waals surface area contributed by atoms with Crippen molar-refractivity contribution in [3.05, 3.63) is 0 Å². The molecule has 2 N–H and O–H groups in total. The summed E-state index contributed by atoms with van der Waals surface area (Å²) < 4.78 is 10.3. The van der Waals surface area contributed by atoms with E-state index in [4.69, 9.17) is 10.5 Å². The van der Waals surface area contributed by atoms with Crippen LogP contribution in [0.2, 0.25) is 0 Å². The van der Waals surface area contributed by atoms with Crippen molar-refractivity contribution in [3.63, 3.8) is 0 Å². The van der Waals surface area contributed by atoms with E-state index in [0.717, 1.165) is 12.8 Å². The predicted octanol–water partition coefficient (Wildman–Crippen LogP) is 1.86. The van der Waals surface area contributed by atoms with E-state index < -0.39 is 5.54 Å². The highest BCUT2D eigenvalue weighted by Gasteiger charge is 2.28. The first-order valence-electron chi connectivity index (χ1n) is 5.76. The van der Waals surface area contributed by atoms with Gasteiger partial charge in [-0.15, -0.1) is 0 Å². The van der Waals surface area contributed by atoms with Gasteiger partial charge in [0.15, 0.2) is 0 Å². The number of esters is 1. The Kier molecular flexibility index (Phi) is 5.97. The van der Waals surface area contributed by atoms with Gasteiger partial charge in [-0.3, -0.25) is 4.79 Å². The molecule has 0 spiro atoms. The van der Waals surface area contributed by atoms with Gasteiger partial charge < -0.3 is 15.2 Å². The molecule has 4 nitrogen and oxygen atoms in total. The summed E-state index contributed by atoms with van der Waals surface area (Å²) in [5, 5.41) is 0. The van der Waals surface area contributed by atoms with Crippen molar-refractivity contribution in [3.8, 4) is 0 Å². The van der Waals surface area contributed by atoms with Crippen molar-refractivity contribution in [1.82, 2.24) is 0 Å². The lowest BCUT2D eigenvalue weighted by atomic mass is 9.97. The van der Waals surface area contributed by atoms with E-state index in [0.29, 0.717) is 13.0 Å². The lowest BCUT2D eigenvalue weighted by Gasteiger charge is -2.25. The van der Waals surface area contributed by atoms with Gasteiger partial charge in [0.1, 0.15) is 5.54 Å². The van der Waals surface area contributed by atoms with Crippen LogP contribution in [0.4, 0.5) is 0 Å². The summed E-state index contributed by atoms with van der Waals surface area (Å²) in [4.78, 5) is 11.3. The maximum Gasteiger partial charge on any atom is 0.325 e. The Bertz CT molecular complexity index is 224. The van der Waals surface area contributed by atoms with Crippen LogP contribution in [0.3, 0.4) is 0 Å². The summed E-state index contributed by atoms with van der Waals surface area (Å²) in [6, 6.07) is 0. The predicted molar refractivity (Wildman–Crippen MR) is 64.2 cm³/mol. The standard InChI is InChI=1S/C12H25NO3/c1-6-11(2,3)16-9-7-8-12(4,13)10(14)15-5/h6-9,13H2,1-5H3. The Labute approximate surface area is 98.5 Å². The summed E-state index contributed by atoms with van der Waals surface area (Å²) in [5.41, 5.74) is 4.81. The second-order valence-corrected chi connectivity index (χ2v) is 4.97. The van der Waals surface area contributed by atoms with Gasteiger partial charge in [-0.05, 0) is 40.0 Å². The minimum absolute atomic E-state index is 0.101. The van der Waals surface area contributed by atoms with Gasteiger partial charge >= 0.3 is 5.97 Å². The number of carbonyl (C=O) groups excluding carboxylic acids is 1. The van der Waals surface area contributed by atoms with Gasteiger partial charge in [0.05, 0.1) is 12.7 Å². The molecule has 1 atom stereocenters. The maximum absolute atomic E-state index is 11.3. The lowest BCUT2D eigenvalue weighted by Crippen LogP contribution is -2.45. The van der Waals surface area contributed by atoms with Crippen LogP contribution in [0.5, 0.6) is 0 Å². The minimum atomic E-state index is -0.908. The Morgan fingerprint density at radius 2 is 1.88 bits per heavy atom. The van der Waals surface area contributed by atoms with E-state index in [1.165, 1.54) is 7.11 Å². The molecule has 0 radical (unpaired) electrons. The number of hydrogen-bond acceptors (Lipinski definition) is 4. The first kappa shape index (κ1) is 15.4. The van der Waals surface area contributed by atoms with Crippen LogP contribution in [-0.4, -0.2) is 30.8 Å². The van der Waals surface area contributed by atoms with Gasteiger partial charge in [-0.1, -0.05) is 6.92 Å². The highest BCUT2D eigenvalue weighted by molar-refractivity contribution is 5.79. The van der Waals surface area contributed by atoms with Gasteiger partial charge in [-0.2, -0.15) is 0 Å².